The molecule has 0 aromatic heterocycles. The minimum Gasteiger partial charge on any atom is -0.480 e. The second-order valence-electron chi connectivity index (χ2n) is 9.00. The first-order valence-corrected chi connectivity index (χ1v) is 10.1. The molecule has 3 N–H and O–H groups in total. The smallest absolute Gasteiger partial charge is 0.408 e. The van der Waals surface area contributed by atoms with Gasteiger partial charge >= 0.3 is 12.1 Å². The Morgan fingerprint density at radius 2 is 1.62 bits per heavy atom. The van der Waals surface area contributed by atoms with Gasteiger partial charge in [0.2, 0.25) is 11.8 Å². The van der Waals surface area contributed by atoms with Gasteiger partial charge in [-0.05, 0) is 52.9 Å². The van der Waals surface area contributed by atoms with Crippen molar-refractivity contribution in [2.45, 2.75) is 78.5 Å². The number of carboxylic acids is 1. The molecule has 0 aliphatic carbocycles. The summed E-state index contributed by atoms with van der Waals surface area (Å²) in [6.45, 7) is 11.4. The number of carbonyl (C=O) groups is 4. The van der Waals surface area contributed by atoms with Gasteiger partial charge in [0.15, 0.2) is 0 Å². The molecule has 0 saturated carbocycles. The lowest BCUT2D eigenvalue weighted by Gasteiger charge is -2.34. The van der Waals surface area contributed by atoms with Gasteiger partial charge in [0, 0.05) is 19.0 Å². The predicted molar refractivity (Wildman–Crippen MR) is 107 cm³/mol. The first-order valence-electron chi connectivity index (χ1n) is 10.1. The molecule has 9 heteroatoms. The van der Waals surface area contributed by atoms with Gasteiger partial charge < -0.3 is 25.4 Å². The number of hydrogen-bond acceptors (Lipinski definition) is 5. The number of carboxylic acid groups (broad SMARTS) is 1. The zero-order valence-corrected chi connectivity index (χ0v) is 18.3. The van der Waals surface area contributed by atoms with Crippen LogP contribution in [-0.4, -0.2) is 64.7 Å². The molecule has 3 amide bonds. The van der Waals surface area contributed by atoms with Crippen molar-refractivity contribution in [3.05, 3.63) is 0 Å². The molecule has 0 aromatic rings. The molecular weight excluding hydrogens is 378 g/mol. The Morgan fingerprint density at radius 3 is 2.07 bits per heavy atom. The van der Waals surface area contributed by atoms with E-state index >= 15 is 0 Å². The van der Waals surface area contributed by atoms with E-state index < -0.39 is 29.7 Å². The Kier molecular flexibility index (Phi) is 8.91. The zero-order valence-electron chi connectivity index (χ0n) is 18.3. The van der Waals surface area contributed by atoms with Gasteiger partial charge in [0.05, 0.1) is 0 Å². The van der Waals surface area contributed by atoms with E-state index in [0.717, 1.165) is 0 Å². The average Bonchev–Trinajstić information content (AvgIpc) is 2.58. The van der Waals surface area contributed by atoms with Gasteiger partial charge in [-0.3, -0.25) is 14.4 Å². The number of carbonyl (C=O) groups excluding carboxylic acids is 3. The summed E-state index contributed by atoms with van der Waals surface area (Å²) in [7, 11) is 0. The first-order chi connectivity index (χ1) is 13.3. The second kappa shape index (κ2) is 10.5. The fraction of sp³-hybridized carbons (Fsp3) is 0.800. The lowest BCUT2D eigenvalue weighted by Crippen LogP contribution is -2.53. The van der Waals surface area contributed by atoms with Crippen molar-refractivity contribution in [3.63, 3.8) is 0 Å². The summed E-state index contributed by atoms with van der Waals surface area (Å²) >= 11 is 0. The van der Waals surface area contributed by atoms with Crippen molar-refractivity contribution in [3.8, 4) is 0 Å². The number of ether oxygens (including phenoxy) is 1. The van der Waals surface area contributed by atoms with Crippen LogP contribution in [-0.2, 0) is 19.1 Å². The number of nitrogens with zero attached hydrogens (tertiary/aromatic N) is 1. The molecule has 166 valence electrons. The highest BCUT2D eigenvalue weighted by Gasteiger charge is 2.33. The van der Waals surface area contributed by atoms with E-state index in [1.54, 1.807) is 25.7 Å². The van der Waals surface area contributed by atoms with Crippen molar-refractivity contribution >= 4 is 23.9 Å². The Morgan fingerprint density at radius 1 is 1.07 bits per heavy atom. The maximum atomic E-state index is 13.0. The normalized spacial score (nSPS) is 17.4. The number of hydrogen-bond donors (Lipinski definition) is 3. The molecule has 0 spiro atoms. The van der Waals surface area contributed by atoms with Crippen LogP contribution in [0, 0.1) is 11.8 Å². The fourth-order valence-electron chi connectivity index (χ4n) is 3.12. The summed E-state index contributed by atoms with van der Waals surface area (Å²) in [6.07, 6.45) is 0.748. The number of likely N-dealkylation sites (tertiary alicyclic amines) is 1. The SMILES string of the molecule is CC(C)C[C@H](NC(=O)OC(C)(C)C)C(=O)N1CCC(C(=O)N[C@H](C)C(=O)O)CC1. The number of aliphatic carboxylic acids is 1. The molecule has 0 radical (unpaired) electrons. The van der Waals surface area contributed by atoms with Crippen LogP contribution in [0.5, 0.6) is 0 Å². The van der Waals surface area contributed by atoms with Crippen molar-refractivity contribution in [1.29, 1.82) is 0 Å². The van der Waals surface area contributed by atoms with E-state index in [1.165, 1.54) is 6.92 Å². The van der Waals surface area contributed by atoms with Crippen molar-refractivity contribution in [2.24, 2.45) is 11.8 Å². The number of rotatable bonds is 7. The molecule has 0 unspecified atom stereocenters. The predicted octanol–water partition coefficient (Wildman–Crippen LogP) is 1.75. The van der Waals surface area contributed by atoms with Gasteiger partial charge in [-0.25, -0.2) is 4.79 Å². The highest BCUT2D eigenvalue weighted by Crippen LogP contribution is 2.20. The van der Waals surface area contributed by atoms with E-state index in [0.29, 0.717) is 32.4 Å². The van der Waals surface area contributed by atoms with Crippen LogP contribution in [0.25, 0.3) is 0 Å². The number of nitrogens with one attached hydrogen (secondary N) is 2. The first kappa shape index (κ1) is 24.7. The summed E-state index contributed by atoms with van der Waals surface area (Å²) in [4.78, 5) is 49.8. The van der Waals surface area contributed by atoms with E-state index in [1.807, 2.05) is 13.8 Å². The molecular formula is C20H35N3O6. The molecule has 0 bridgehead atoms. The van der Waals surface area contributed by atoms with Crippen molar-refractivity contribution in [2.75, 3.05) is 13.1 Å². The highest BCUT2D eigenvalue weighted by atomic mass is 16.6. The zero-order chi connectivity index (χ0) is 22.4. The van der Waals surface area contributed by atoms with Crippen molar-refractivity contribution in [1.82, 2.24) is 15.5 Å². The third-order valence-corrected chi connectivity index (χ3v) is 4.60. The Balaban J connectivity index is 2.66. The standard InChI is InChI=1S/C20H35N3O6/c1-12(2)11-15(22-19(28)29-20(4,5)6)17(25)23-9-7-14(8-10-23)16(24)21-13(3)18(26)27/h12-15H,7-11H2,1-6H3,(H,21,24)(H,22,28)(H,26,27)/t13-,15+/m1/s1. The van der Waals surface area contributed by atoms with Crippen LogP contribution in [0.15, 0.2) is 0 Å². The van der Waals surface area contributed by atoms with E-state index in [2.05, 4.69) is 10.6 Å². The highest BCUT2D eigenvalue weighted by molar-refractivity contribution is 5.87. The van der Waals surface area contributed by atoms with Gasteiger partial charge in [-0.1, -0.05) is 13.8 Å². The minimum absolute atomic E-state index is 0.192. The Hall–Kier alpha value is -2.32. The van der Waals surface area contributed by atoms with Gasteiger partial charge in [0.1, 0.15) is 17.7 Å². The van der Waals surface area contributed by atoms with Crippen LogP contribution >= 0.6 is 0 Å². The molecule has 1 aliphatic rings. The third-order valence-electron chi connectivity index (χ3n) is 4.60. The molecule has 0 aromatic carbocycles. The van der Waals surface area contributed by atoms with E-state index in [-0.39, 0.29) is 23.7 Å². The summed E-state index contributed by atoms with van der Waals surface area (Å²) in [5, 5.41) is 14.1. The minimum atomic E-state index is -1.09. The van der Waals surface area contributed by atoms with Gasteiger partial charge in [-0.15, -0.1) is 0 Å². The molecule has 9 nitrogen and oxygen atoms in total. The molecule has 1 aliphatic heterocycles. The summed E-state index contributed by atoms with van der Waals surface area (Å²) in [5.41, 5.74) is -0.658. The van der Waals surface area contributed by atoms with Crippen LogP contribution in [0.2, 0.25) is 0 Å². The quantitative estimate of drug-likeness (QED) is 0.584. The lowest BCUT2D eigenvalue weighted by atomic mass is 9.94. The number of piperidine rings is 1. The van der Waals surface area contributed by atoms with Gasteiger partial charge in [-0.2, -0.15) is 0 Å². The topological polar surface area (TPSA) is 125 Å². The maximum Gasteiger partial charge on any atom is 0.408 e. The largest absolute Gasteiger partial charge is 0.480 e. The van der Waals surface area contributed by atoms with E-state index in [9.17, 15) is 19.2 Å². The monoisotopic (exact) mass is 413 g/mol. The van der Waals surface area contributed by atoms with Crippen molar-refractivity contribution < 1.29 is 29.0 Å². The molecule has 1 rings (SSSR count). The Bertz CT molecular complexity index is 606. The average molecular weight is 414 g/mol. The molecule has 2 atom stereocenters. The fourth-order valence-corrected chi connectivity index (χ4v) is 3.12. The molecule has 1 heterocycles. The van der Waals surface area contributed by atoms with Crippen LogP contribution in [0.1, 0.15) is 60.8 Å². The lowest BCUT2D eigenvalue weighted by molar-refractivity contribution is -0.142. The van der Waals surface area contributed by atoms with Gasteiger partial charge in [0.25, 0.3) is 0 Å². The maximum absolute atomic E-state index is 13.0. The Labute approximate surface area is 172 Å². The number of amides is 3. The molecule has 1 fully saturated rings. The van der Waals surface area contributed by atoms with Crippen LogP contribution in [0.3, 0.4) is 0 Å². The second-order valence-corrected chi connectivity index (χ2v) is 9.00. The summed E-state index contributed by atoms with van der Waals surface area (Å²) in [6, 6.07) is -1.64. The molecule has 1 saturated heterocycles. The summed E-state index contributed by atoms with van der Waals surface area (Å²) < 4.78 is 5.27. The third kappa shape index (κ3) is 8.70. The summed E-state index contributed by atoms with van der Waals surface area (Å²) in [5.74, 6) is -1.72. The van der Waals surface area contributed by atoms with E-state index in [4.69, 9.17) is 9.84 Å². The van der Waals surface area contributed by atoms with Crippen LogP contribution < -0.4 is 10.6 Å². The molecule has 29 heavy (non-hydrogen) atoms. The van der Waals surface area contributed by atoms with Crippen LogP contribution in [0.4, 0.5) is 4.79 Å². The number of alkyl carbamates (subject to hydrolysis) is 1.